The summed E-state index contributed by atoms with van der Waals surface area (Å²) >= 11 is 0. The lowest BCUT2D eigenvalue weighted by atomic mass is 9.81. The number of piperidine rings is 1. The van der Waals surface area contributed by atoms with Crippen LogP contribution in [0.4, 0.5) is 0 Å². The van der Waals surface area contributed by atoms with Gasteiger partial charge >= 0.3 is 0 Å². The topological polar surface area (TPSA) is 38.5 Å². The minimum Gasteiger partial charge on any atom is -0.300 e. The van der Waals surface area contributed by atoms with E-state index >= 15 is 0 Å². The predicted octanol–water partition coefficient (Wildman–Crippen LogP) is 4.04. The van der Waals surface area contributed by atoms with Crippen LogP contribution >= 0.6 is 0 Å². The van der Waals surface area contributed by atoms with Crippen LogP contribution in [0, 0.1) is 11.8 Å². The average Bonchev–Trinajstić information content (AvgIpc) is 3.07. The summed E-state index contributed by atoms with van der Waals surface area (Å²) in [6, 6.07) is 0.742. The third-order valence-corrected chi connectivity index (χ3v) is 6.26. The van der Waals surface area contributed by atoms with Crippen LogP contribution in [0.15, 0.2) is 12.2 Å². The minimum absolute atomic E-state index is 0.228. The Labute approximate surface area is 136 Å². The Hall–Kier alpha value is -0.380. The molecule has 126 valence electrons. The van der Waals surface area contributed by atoms with E-state index in [4.69, 9.17) is 10.7 Å². The lowest BCUT2D eigenvalue weighted by Crippen LogP contribution is -2.49. The summed E-state index contributed by atoms with van der Waals surface area (Å²) in [4.78, 5) is 8.01. The van der Waals surface area contributed by atoms with E-state index in [2.05, 4.69) is 17.1 Å². The summed E-state index contributed by atoms with van der Waals surface area (Å²) in [5.74, 6) is 7.47. The molecule has 0 aromatic rings. The molecule has 3 nitrogen and oxygen atoms in total. The van der Waals surface area contributed by atoms with E-state index < -0.39 is 0 Å². The molecule has 0 aromatic carbocycles. The molecule has 3 heteroatoms. The molecule has 3 aliphatic rings. The second kappa shape index (κ2) is 8.47. The van der Waals surface area contributed by atoms with Crippen LogP contribution in [0.2, 0.25) is 0 Å². The summed E-state index contributed by atoms with van der Waals surface area (Å²) < 4.78 is 0. The highest BCUT2D eigenvalue weighted by molar-refractivity contribution is 5.00. The van der Waals surface area contributed by atoms with Gasteiger partial charge < -0.3 is 0 Å². The van der Waals surface area contributed by atoms with Gasteiger partial charge in [0.25, 0.3) is 0 Å². The molecule has 3 rings (SSSR count). The van der Waals surface area contributed by atoms with Crippen molar-refractivity contribution in [3.63, 3.8) is 0 Å². The van der Waals surface area contributed by atoms with Crippen molar-refractivity contribution in [3.05, 3.63) is 12.2 Å². The molecule has 2 aliphatic carbocycles. The van der Waals surface area contributed by atoms with Gasteiger partial charge in [0.1, 0.15) is 0 Å². The molecule has 1 aliphatic heterocycles. The largest absolute Gasteiger partial charge is 0.300 e. The maximum atomic E-state index is 5.61. The van der Waals surface area contributed by atoms with E-state index in [1.165, 1.54) is 70.8 Å². The number of nitrogens with two attached hydrogens (primary N) is 1. The summed E-state index contributed by atoms with van der Waals surface area (Å²) in [5.41, 5.74) is 0. The van der Waals surface area contributed by atoms with Crippen LogP contribution in [0.1, 0.15) is 70.6 Å². The van der Waals surface area contributed by atoms with E-state index in [1.807, 2.05) is 0 Å². The molecular weight excluding hydrogens is 272 g/mol. The van der Waals surface area contributed by atoms with Gasteiger partial charge in [0.2, 0.25) is 0 Å². The molecule has 0 bridgehead atoms. The Kier molecular flexibility index (Phi) is 6.34. The molecule has 1 saturated heterocycles. The maximum absolute atomic E-state index is 5.61. The van der Waals surface area contributed by atoms with Gasteiger partial charge in [0, 0.05) is 12.6 Å². The first kappa shape index (κ1) is 16.5. The fraction of sp³-hybridized carbons (Fsp3) is 0.895. The van der Waals surface area contributed by atoms with Crippen molar-refractivity contribution in [2.24, 2.45) is 17.7 Å². The first-order chi connectivity index (χ1) is 10.9. The maximum Gasteiger partial charge on any atom is 0.0914 e. The van der Waals surface area contributed by atoms with Gasteiger partial charge in [0.15, 0.2) is 0 Å². The van der Waals surface area contributed by atoms with Crippen LogP contribution in [-0.4, -0.2) is 30.1 Å². The smallest absolute Gasteiger partial charge is 0.0914 e. The lowest BCUT2D eigenvalue weighted by molar-refractivity contribution is -0.0114. The zero-order valence-electron chi connectivity index (χ0n) is 14.1. The Morgan fingerprint density at radius 3 is 2.73 bits per heavy atom. The Morgan fingerprint density at radius 1 is 1.09 bits per heavy atom. The first-order valence-electron chi connectivity index (χ1n) is 9.61. The number of nitrogens with zero attached hydrogens (tertiary/aromatic N) is 1. The molecule has 0 aromatic heterocycles. The van der Waals surface area contributed by atoms with Crippen molar-refractivity contribution in [2.45, 2.75) is 82.8 Å². The van der Waals surface area contributed by atoms with Crippen LogP contribution in [0.25, 0.3) is 0 Å². The zero-order valence-corrected chi connectivity index (χ0v) is 14.1. The molecule has 3 atom stereocenters. The number of fused-ring (bicyclic) bond motifs is 1. The summed E-state index contributed by atoms with van der Waals surface area (Å²) in [6.45, 7) is 2.27. The van der Waals surface area contributed by atoms with Crippen molar-refractivity contribution >= 4 is 0 Å². The lowest BCUT2D eigenvalue weighted by Gasteiger charge is -2.43. The Morgan fingerprint density at radius 2 is 1.91 bits per heavy atom. The molecule has 22 heavy (non-hydrogen) atoms. The number of allylic oxidation sites excluding steroid dienone is 1. The Balaban J connectivity index is 1.43. The molecule has 2 N–H and O–H groups in total. The fourth-order valence-electron chi connectivity index (χ4n) is 4.96. The van der Waals surface area contributed by atoms with Crippen molar-refractivity contribution in [2.75, 3.05) is 13.1 Å². The minimum atomic E-state index is 0.228. The molecule has 0 radical (unpaired) electrons. The van der Waals surface area contributed by atoms with Crippen molar-refractivity contribution in [1.29, 1.82) is 0 Å². The fourth-order valence-corrected chi connectivity index (χ4v) is 4.96. The zero-order chi connectivity index (χ0) is 15.2. The standard InChI is InChI=1S/C19H34N2O/c20-22-18(12-5-9-16-7-1-2-8-16)15-21-14-6-11-17-10-3-4-13-19(17)21/h3-4,16-19H,1-2,5-15,20H2/t17?,18-,19?/m0/s1. The monoisotopic (exact) mass is 306 g/mol. The molecule has 2 unspecified atom stereocenters. The average molecular weight is 306 g/mol. The van der Waals surface area contributed by atoms with E-state index in [0.717, 1.165) is 30.8 Å². The molecule has 1 heterocycles. The van der Waals surface area contributed by atoms with Crippen molar-refractivity contribution in [3.8, 4) is 0 Å². The van der Waals surface area contributed by atoms with Crippen LogP contribution in [0.5, 0.6) is 0 Å². The van der Waals surface area contributed by atoms with Gasteiger partial charge in [-0.25, -0.2) is 5.90 Å². The molecule has 1 saturated carbocycles. The molecule has 2 fully saturated rings. The third-order valence-electron chi connectivity index (χ3n) is 6.26. The second-order valence-electron chi connectivity index (χ2n) is 7.75. The van der Waals surface area contributed by atoms with E-state index in [9.17, 15) is 0 Å². The van der Waals surface area contributed by atoms with E-state index in [-0.39, 0.29) is 6.10 Å². The number of hydrogen-bond donors (Lipinski definition) is 1. The predicted molar refractivity (Wildman–Crippen MR) is 91.3 cm³/mol. The van der Waals surface area contributed by atoms with Gasteiger partial charge in [0.05, 0.1) is 6.10 Å². The Bertz CT molecular complexity index is 351. The molecular formula is C19H34N2O. The summed E-state index contributed by atoms with van der Waals surface area (Å²) in [7, 11) is 0. The van der Waals surface area contributed by atoms with Gasteiger partial charge in [-0.1, -0.05) is 50.7 Å². The van der Waals surface area contributed by atoms with E-state index in [0.29, 0.717) is 0 Å². The number of hydrogen-bond acceptors (Lipinski definition) is 3. The molecule has 0 spiro atoms. The van der Waals surface area contributed by atoms with Gasteiger partial charge in [-0.3, -0.25) is 9.74 Å². The quantitative estimate of drug-likeness (QED) is 0.570. The number of rotatable bonds is 7. The highest BCUT2D eigenvalue weighted by Crippen LogP contribution is 2.33. The third kappa shape index (κ3) is 4.33. The second-order valence-corrected chi connectivity index (χ2v) is 7.75. The van der Waals surface area contributed by atoms with Gasteiger partial charge in [-0.05, 0) is 50.5 Å². The van der Waals surface area contributed by atoms with Crippen LogP contribution in [-0.2, 0) is 4.84 Å². The summed E-state index contributed by atoms with van der Waals surface area (Å²) in [6.07, 6.45) is 19.8. The summed E-state index contributed by atoms with van der Waals surface area (Å²) in [5, 5.41) is 0. The van der Waals surface area contributed by atoms with Crippen LogP contribution in [0.3, 0.4) is 0 Å². The van der Waals surface area contributed by atoms with Crippen molar-refractivity contribution in [1.82, 2.24) is 4.90 Å². The highest BCUT2D eigenvalue weighted by Gasteiger charge is 2.32. The normalized spacial score (nSPS) is 31.3. The number of likely N-dealkylation sites (tertiary alicyclic amines) is 1. The SMILES string of the molecule is NO[C@@H](CCCC1CCCC1)CN1CCCC2CC=CCC21. The first-order valence-corrected chi connectivity index (χ1v) is 9.61. The van der Waals surface area contributed by atoms with Crippen molar-refractivity contribution < 1.29 is 4.84 Å². The van der Waals surface area contributed by atoms with E-state index in [1.54, 1.807) is 0 Å². The molecule has 0 amide bonds. The van der Waals surface area contributed by atoms with Gasteiger partial charge in [-0.2, -0.15) is 0 Å². The highest BCUT2D eigenvalue weighted by atomic mass is 16.6. The van der Waals surface area contributed by atoms with Gasteiger partial charge in [-0.15, -0.1) is 0 Å². The van der Waals surface area contributed by atoms with Crippen LogP contribution < -0.4 is 5.90 Å².